The molecule has 0 saturated heterocycles. The van der Waals surface area contributed by atoms with Crippen molar-refractivity contribution in [3.63, 3.8) is 0 Å². The van der Waals surface area contributed by atoms with E-state index in [4.69, 9.17) is 5.73 Å². The van der Waals surface area contributed by atoms with E-state index in [0.29, 0.717) is 0 Å². The van der Waals surface area contributed by atoms with Crippen LogP contribution in [-0.4, -0.2) is 9.55 Å². The smallest absolute Gasteiger partial charge is 0.126 e. The number of aryl methyl sites for hydroxylation is 1. The number of aromatic nitrogens is 2. The zero-order valence-corrected chi connectivity index (χ0v) is 7.55. The van der Waals surface area contributed by atoms with Crippen molar-refractivity contribution < 1.29 is 0 Å². The second-order valence-electron chi connectivity index (χ2n) is 3.84. The predicted octanol–water partition coefficient (Wildman–Crippen LogP) is 1.30. The highest BCUT2D eigenvalue weighted by Crippen LogP contribution is 2.24. The van der Waals surface area contributed by atoms with E-state index in [1.165, 1.54) is 0 Å². The number of hydrogen-bond donors (Lipinski definition) is 1. The Kier molecular flexibility index (Phi) is 1.66. The fraction of sp³-hybridized carbons (Fsp3) is 0.625. The summed E-state index contributed by atoms with van der Waals surface area (Å²) in [7, 11) is 1.90. The van der Waals surface area contributed by atoms with Crippen LogP contribution in [0.3, 0.4) is 0 Å². The van der Waals surface area contributed by atoms with E-state index in [2.05, 4.69) is 25.8 Å². The first kappa shape index (κ1) is 8.11. The molecule has 1 rings (SSSR count). The highest BCUT2D eigenvalue weighted by Gasteiger charge is 2.20. The molecule has 0 amide bonds. The van der Waals surface area contributed by atoms with Crippen LogP contribution in [-0.2, 0) is 12.5 Å². The first-order valence-electron chi connectivity index (χ1n) is 3.70. The van der Waals surface area contributed by atoms with Gasteiger partial charge < -0.3 is 10.3 Å². The van der Waals surface area contributed by atoms with Gasteiger partial charge in [0.25, 0.3) is 0 Å². The third-order valence-corrected chi connectivity index (χ3v) is 1.69. The van der Waals surface area contributed by atoms with Crippen molar-refractivity contribution in [2.75, 3.05) is 5.73 Å². The van der Waals surface area contributed by atoms with Crippen LogP contribution in [0.25, 0.3) is 0 Å². The first-order valence-corrected chi connectivity index (χ1v) is 3.70. The Morgan fingerprint density at radius 2 is 2.00 bits per heavy atom. The van der Waals surface area contributed by atoms with Gasteiger partial charge in [0, 0.05) is 12.5 Å². The van der Waals surface area contributed by atoms with Crippen LogP contribution in [0.15, 0.2) is 6.33 Å². The molecule has 0 saturated carbocycles. The van der Waals surface area contributed by atoms with Gasteiger partial charge in [-0.15, -0.1) is 0 Å². The fourth-order valence-corrected chi connectivity index (χ4v) is 1.02. The second-order valence-corrected chi connectivity index (χ2v) is 3.84. The van der Waals surface area contributed by atoms with Gasteiger partial charge in [-0.3, -0.25) is 0 Å². The molecule has 0 radical (unpaired) electrons. The van der Waals surface area contributed by atoms with Crippen molar-refractivity contribution in [3.8, 4) is 0 Å². The molecule has 0 aliphatic rings. The molecule has 0 atom stereocenters. The molecule has 0 bridgehead atoms. The monoisotopic (exact) mass is 153 g/mol. The van der Waals surface area contributed by atoms with Gasteiger partial charge in [0.2, 0.25) is 0 Å². The lowest BCUT2D eigenvalue weighted by molar-refractivity contribution is 0.574. The molecule has 0 aliphatic carbocycles. The molecule has 0 aromatic carbocycles. The topological polar surface area (TPSA) is 43.8 Å². The molecular weight excluding hydrogens is 138 g/mol. The van der Waals surface area contributed by atoms with E-state index >= 15 is 0 Å². The molecule has 1 aromatic rings. The van der Waals surface area contributed by atoms with E-state index in [0.717, 1.165) is 11.5 Å². The van der Waals surface area contributed by atoms with Gasteiger partial charge in [-0.05, 0) is 0 Å². The van der Waals surface area contributed by atoms with Crippen molar-refractivity contribution in [2.24, 2.45) is 7.05 Å². The van der Waals surface area contributed by atoms with Crippen molar-refractivity contribution in [2.45, 2.75) is 26.2 Å². The zero-order chi connectivity index (χ0) is 8.65. The second kappa shape index (κ2) is 2.26. The maximum Gasteiger partial charge on any atom is 0.126 e. The van der Waals surface area contributed by atoms with Crippen LogP contribution < -0.4 is 5.73 Å². The summed E-state index contributed by atoms with van der Waals surface area (Å²) in [5.41, 5.74) is 6.81. The third kappa shape index (κ3) is 1.37. The summed E-state index contributed by atoms with van der Waals surface area (Å²) in [4.78, 5) is 4.22. The van der Waals surface area contributed by atoms with Crippen LogP contribution in [0.1, 0.15) is 26.5 Å². The van der Waals surface area contributed by atoms with E-state index < -0.39 is 0 Å². The minimum Gasteiger partial charge on any atom is -0.384 e. The van der Waals surface area contributed by atoms with Crippen molar-refractivity contribution in [1.29, 1.82) is 0 Å². The van der Waals surface area contributed by atoms with Crippen molar-refractivity contribution in [3.05, 3.63) is 12.0 Å². The standard InChI is InChI=1S/C8H15N3/c1-8(2,3)6-7(9)11(4)5-10-6/h5H,9H2,1-4H3. The minimum absolute atomic E-state index is 0.0470. The summed E-state index contributed by atoms with van der Waals surface area (Å²) in [5, 5.41) is 0. The molecule has 3 nitrogen and oxygen atoms in total. The maximum absolute atomic E-state index is 5.79. The minimum atomic E-state index is 0.0470. The summed E-state index contributed by atoms with van der Waals surface area (Å²) in [6.07, 6.45) is 1.75. The Balaban J connectivity index is 3.15. The highest BCUT2D eigenvalue weighted by atomic mass is 15.1. The van der Waals surface area contributed by atoms with E-state index in [-0.39, 0.29) is 5.41 Å². The largest absolute Gasteiger partial charge is 0.384 e. The van der Waals surface area contributed by atoms with Crippen molar-refractivity contribution in [1.82, 2.24) is 9.55 Å². The number of nitrogens with two attached hydrogens (primary N) is 1. The Labute approximate surface area is 67.2 Å². The van der Waals surface area contributed by atoms with Gasteiger partial charge in [0.1, 0.15) is 5.82 Å². The summed E-state index contributed by atoms with van der Waals surface area (Å²) < 4.78 is 1.83. The molecule has 11 heavy (non-hydrogen) atoms. The first-order chi connectivity index (χ1) is 4.93. The summed E-state index contributed by atoms with van der Waals surface area (Å²) >= 11 is 0. The van der Waals surface area contributed by atoms with Crippen LogP contribution >= 0.6 is 0 Å². The summed E-state index contributed by atoms with van der Waals surface area (Å²) in [6, 6.07) is 0. The van der Waals surface area contributed by atoms with Crippen LogP contribution in [0.2, 0.25) is 0 Å². The quantitative estimate of drug-likeness (QED) is 0.610. The molecule has 1 aromatic heterocycles. The number of rotatable bonds is 0. The van der Waals surface area contributed by atoms with Gasteiger partial charge in [-0.1, -0.05) is 20.8 Å². The maximum atomic E-state index is 5.79. The number of anilines is 1. The number of hydrogen-bond acceptors (Lipinski definition) is 2. The normalized spacial score (nSPS) is 12.0. The van der Waals surface area contributed by atoms with Gasteiger partial charge in [-0.2, -0.15) is 0 Å². The predicted molar refractivity (Wildman–Crippen MR) is 46.3 cm³/mol. The Hall–Kier alpha value is -0.990. The SMILES string of the molecule is Cn1cnc(C(C)(C)C)c1N. The molecule has 0 aliphatic heterocycles. The number of nitrogen functional groups attached to an aromatic ring is 1. The lowest BCUT2D eigenvalue weighted by Crippen LogP contribution is -2.14. The molecule has 2 N–H and O–H groups in total. The van der Waals surface area contributed by atoms with Gasteiger partial charge >= 0.3 is 0 Å². The lowest BCUT2D eigenvalue weighted by Gasteiger charge is -2.16. The average Bonchev–Trinajstić information content (AvgIpc) is 2.11. The molecule has 0 fully saturated rings. The third-order valence-electron chi connectivity index (χ3n) is 1.69. The Morgan fingerprint density at radius 3 is 2.18 bits per heavy atom. The Morgan fingerprint density at radius 1 is 1.45 bits per heavy atom. The summed E-state index contributed by atoms with van der Waals surface area (Å²) in [6.45, 7) is 6.31. The molecule has 0 spiro atoms. The zero-order valence-electron chi connectivity index (χ0n) is 7.55. The molecule has 3 heteroatoms. The van der Waals surface area contributed by atoms with E-state index in [1.54, 1.807) is 6.33 Å². The highest BCUT2D eigenvalue weighted by molar-refractivity contribution is 5.39. The molecular formula is C8H15N3. The van der Waals surface area contributed by atoms with E-state index in [9.17, 15) is 0 Å². The van der Waals surface area contributed by atoms with Crippen LogP contribution in [0, 0.1) is 0 Å². The summed E-state index contributed by atoms with van der Waals surface area (Å²) in [5.74, 6) is 0.762. The fourth-order valence-electron chi connectivity index (χ4n) is 1.02. The number of imidazole rings is 1. The van der Waals surface area contributed by atoms with Gasteiger partial charge in [0.05, 0.1) is 12.0 Å². The Bertz CT molecular complexity index is 255. The van der Waals surface area contributed by atoms with Crippen LogP contribution in [0.4, 0.5) is 5.82 Å². The number of nitrogens with zero attached hydrogens (tertiary/aromatic N) is 2. The van der Waals surface area contributed by atoms with E-state index in [1.807, 2.05) is 11.6 Å². The van der Waals surface area contributed by atoms with Crippen molar-refractivity contribution >= 4 is 5.82 Å². The lowest BCUT2D eigenvalue weighted by atomic mass is 9.92. The molecule has 62 valence electrons. The molecule has 1 heterocycles. The van der Waals surface area contributed by atoms with Crippen LogP contribution in [0.5, 0.6) is 0 Å². The van der Waals surface area contributed by atoms with Gasteiger partial charge in [-0.25, -0.2) is 4.98 Å². The molecule has 0 unspecified atom stereocenters. The van der Waals surface area contributed by atoms with Gasteiger partial charge in [0.15, 0.2) is 0 Å². The average molecular weight is 153 g/mol.